The maximum Gasteiger partial charge on any atom is 0.328 e. The first-order valence-corrected chi connectivity index (χ1v) is 7.88. The fourth-order valence-electron chi connectivity index (χ4n) is 2.46. The number of para-hydroxylation sites is 1. The minimum Gasteiger partial charge on any atom is -0.467 e. The Morgan fingerprint density at radius 2 is 2.00 bits per heavy atom. The smallest absolute Gasteiger partial charge is 0.328 e. The molecule has 0 aliphatic carbocycles. The molecule has 0 aliphatic rings. The van der Waals surface area contributed by atoms with Crippen molar-refractivity contribution in [2.45, 2.75) is 25.4 Å². The van der Waals surface area contributed by atoms with Crippen molar-refractivity contribution in [2.75, 3.05) is 13.7 Å². The molecule has 0 saturated heterocycles. The average Bonchev–Trinajstić information content (AvgIpc) is 3.01. The number of nitrogens with two attached hydrogens (primary N) is 1. The first-order valence-electron chi connectivity index (χ1n) is 7.88. The lowest BCUT2D eigenvalue weighted by molar-refractivity contribution is -0.144. The summed E-state index contributed by atoms with van der Waals surface area (Å²) in [7, 11) is 1.23. The van der Waals surface area contributed by atoms with Crippen LogP contribution in [0, 0.1) is 0 Å². The van der Waals surface area contributed by atoms with Gasteiger partial charge in [0.05, 0.1) is 19.7 Å². The predicted molar refractivity (Wildman–Crippen MR) is 92.6 cm³/mol. The molecule has 1 heterocycles. The quantitative estimate of drug-likeness (QED) is 0.518. The summed E-state index contributed by atoms with van der Waals surface area (Å²) in [5.41, 5.74) is 7.83. The molecule has 0 radical (unpaired) electrons. The van der Waals surface area contributed by atoms with Gasteiger partial charge in [0, 0.05) is 17.1 Å². The number of H-pyrrole nitrogens is 1. The second-order valence-corrected chi connectivity index (χ2v) is 5.70. The average molecular weight is 346 g/mol. The van der Waals surface area contributed by atoms with E-state index in [1.807, 2.05) is 30.5 Å². The fourth-order valence-corrected chi connectivity index (χ4v) is 2.46. The van der Waals surface area contributed by atoms with Crippen LogP contribution in [0.5, 0.6) is 0 Å². The molecule has 0 saturated carbocycles. The normalized spacial score (nSPS) is 13.1. The van der Waals surface area contributed by atoms with Crippen molar-refractivity contribution in [3.05, 3.63) is 36.0 Å². The van der Waals surface area contributed by atoms with Crippen LogP contribution in [0.3, 0.4) is 0 Å². The molecule has 25 heavy (non-hydrogen) atoms. The molecule has 2 aromatic rings. The summed E-state index contributed by atoms with van der Waals surface area (Å²) in [6, 6.07) is 6.16. The van der Waals surface area contributed by atoms with E-state index in [9.17, 15) is 14.4 Å². The van der Waals surface area contributed by atoms with Gasteiger partial charge in [-0.2, -0.15) is 0 Å². The molecule has 0 fully saturated rings. The zero-order chi connectivity index (χ0) is 18.4. The van der Waals surface area contributed by atoms with Crippen molar-refractivity contribution in [1.29, 1.82) is 0 Å². The van der Waals surface area contributed by atoms with Crippen LogP contribution in [0.25, 0.3) is 10.9 Å². The number of aromatic nitrogens is 1. The summed E-state index contributed by atoms with van der Waals surface area (Å²) >= 11 is 0. The molecule has 8 nitrogen and oxygen atoms in total. The number of benzene rings is 1. The van der Waals surface area contributed by atoms with E-state index in [1.165, 1.54) is 14.0 Å². The van der Waals surface area contributed by atoms with E-state index in [1.54, 1.807) is 0 Å². The van der Waals surface area contributed by atoms with Crippen LogP contribution < -0.4 is 16.4 Å². The maximum absolute atomic E-state index is 12.1. The third-order valence-electron chi connectivity index (χ3n) is 3.81. The summed E-state index contributed by atoms with van der Waals surface area (Å²) in [5.74, 6) is -1.49. The molecule has 0 spiro atoms. The summed E-state index contributed by atoms with van der Waals surface area (Å²) in [6.07, 6.45) is 2.17. The number of fused-ring (bicyclic) bond motifs is 1. The Labute approximate surface area is 145 Å². The van der Waals surface area contributed by atoms with E-state index in [2.05, 4.69) is 20.4 Å². The van der Waals surface area contributed by atoms with Crippen molar-refractivity contribution in [2.24, 2.45) is 5.73 Å². The first-order chi connectivity index (χ1) is 11.9. The van der Waals surface area contributed by atoms with Gasteiger partial charge in [-0.25, -0.2) is 4.79 Å². The standard InChI is InChI=1S/C17H22N4O4/c1-10(17(24)25-2)21-15(22)9-20-16(23)13(18)7-11-8-19-14-6-4-3-5-12(11)14/h3-6,8,10,13,19H,7,9,18H2,1-2H3,(H,20,23)(H,21,22)/t10-,13-/m0/s1. The molecular formula is C17H22N4O4. The van der Waals surface area contributed by atoms with E-state index in [0.29, 0.717) is 6.42 Å². The number of hydrogen-bond acceptors (Lipinski definition) is 5. The van der Waals surface area contributed by atoms with Gasteiger partial charge in [0.15, 0.2) is 0 Å². The van der Waals surface area contributed by atoms with Crippen LogP contribution in [-0.2, 0) is 25.5 Å². The number of esters is 1. The van der Waals surface area contributed by atoms with Crippen molar-refractivity contribution < 1.29 is 19.1 Å². The summed E-state index contributed by atoms with van der Waals surface area (Å²) < 4.78 is 4.51. The van der Waals surface area contributed by atoms with Gasteiger partial charge in [0.2, 0.25) is 11.8 Å². The third-order valence-corrected chi connectivity index (χ3v) is 3.81. The highest BCUT2D eigenvalue weighted by Gasteiger charge is 2.19. The van der Waals surface area contributed by atoms with E-state index in [4.69, 9.17) is 5.73 Å². The van der Waals surface area contributed by atoms with Crippen LogP contribution in [0.2, 0.25) is 0 Å². The Bertz CT molecular complexity index is 771. The third kappa shape index (κ3) is 4.80. The molecule has 8 heteroatoms. The SMILES string of the molecule is COC(=O)[C@H](C)NC(=O)CNC(=O)[C@@H](N)Cc1c[nH]c2ccccc12. The van der Waals surface area contributed by atoms with Crippen molar-refractivity contribution in [1.82, 2.24) is 15.6 Å². The van der Waals surface area contributed by atoms with Gasteiger partial charge in [0.25, 0.3) is 0 Å². The minimum absolute atomic E-state index is 0.262. The molecule has 1 aromatic heterocycles. The monoisotopic (exact) mass is 346 g/mol. The maximum atomic E-state index is 12.1. The molecule has 1 aromatic carbocycles. The largest absolute Gasteiger partial charge is 0.467 e. The first kappa shape index (κ1) is 18.5. The number of amides is 2. The highest BCUT2D eigenvalue weighted by molar-refractivity contribution is 5.90. The Kier molecular flexibility index (Phi) is 6.13. The number of methoxy groups -OCH3 is 1. The number of carbonyl (C=O) groups excluding carboxylic acids is 3. The zero-order valence-corrected chi connectivity index (χ0v) is 14.2. The summed E-state index contributed by atoms with van der Waals surface area (Å²) in [4.78, 5) is 38.1. The molecule has 0 aliphatic heterocycles. The van der Waals surface area contributed by atoms with Gasteiger partial charge < -0.3 is 26.1 Å². The number of nitrogens with one attached hydrogen (secondary N) is 3. The highest BCUT2D eigenvalue weighted by atomic mass is 16.5. The molecule has 2 amide bonds. The van der Waals surface area contributed by atoms with Gasteiger partial charge in [-0.3, -0.25) is 9.59 Å². The van der Waals surface area contributed by atoms with Gasteiger partial charge in [-0.1, -0.05) is 18.2 Å². The Morgan fingerprint density at radius 3 is 2.72 bits per heavy atom. The zero-order valence-electron chi connectivity index (χ0n) is 14.2. The fraction of sp³-hybridized carbons (Fsp3) is 0.353. The van der Waals surface area contributed by atoms with Crippen molar-refractivity contribution >= 4 is 28.7 Å². The second kappa shape index (κ2) is 8.29. The lowest BCUT2D eigenvalue weighted by Crippen LogP contribution is -2.48. The predicted octanol–water partition coefficient (Wildman–Crippen LogP) is -0.168. The summed E-state index contributed by atoms with van der Waals surface area (Å²) in [5, 5.41) is 5.90. The molecular weight excluding hydrogens is 324 g/mol. The lowest BCUT2D eigenvalue weighted by atomic mass is 10.1. The van der Waals surface area contributed by atoms with Crippen molar-refractivity contribution in [3.8, 4) is 0 Å². The van der Waals surface area contributed by atoms with Crippen molar-refractivity contribution in [3.63, 3.8) is 0 Å². The molecule has 5 N–H and O–H groups in total. The Balaban J connectivity index is 1.84. The van der Waals surface area contributed by atoms with Crippen LogP contribution in [0.1, 0.15) is 12.5 Å². The van der Waals surface area contributed by atoms with Crippen LogP contribution in [0.4, 0.5) is 0 Å². The minimum atomic E-state index is -0.787. The second-order valence-electron chi connectivity index (χ2n) is 5.70. The number of carbonyl (C=O) groups is 3. The number of hydrogen-bond donors (Lipinski definition) is 4. The summed E-state index contributed by atoms with van der Waals surface area (Å²) in [6.45, 7) is 1.23. The van der Waals surface area contributed by atoms with Gasteiger partial charge in [-0.15, -0.1) is 0 Å². The number of rotatable bonds is 7. The van der Waals surface area contributed by atoms with Gasteiger partial charge >= 0.3 is 5.97 Å². The molecule has 134 valence electrons. The topological polar surface area (TPSA) is 126 Å². The number of ether oxygens (including phenoxy) is 1. The van der Waals surface area contributed by atoms with E-state index in [0.717, 1.165) is 16.5 Å². The molecule has 2 atom stereocenters. The Morgan fingerprint density at radius 1 is 1.28 bits per heavy atom. The lowest BCUT2D eigenvalue weighted by Gasteiger charge is -2.14. The van der Waals surface area contributed by atoms with E-state index >= 15 is 0 Å². The van der Waals surface area contributed by atoms with E-state index in [-0.39, 0.29) is 6.54 Å². The molecule has 2 rings (SSSR count). The number of aromatic amines is 1. The van der Waals surface area contributed by atoms with Gasteiger partial charge in [-0.05, 0) is 25.0 Å². The highest BCUT2D eigenvalue weighted by Crippen LogP contribution is 2.18. The van der Waals surface area contributed by atoms with Crippen LogP contribution in [0.15, 0.2) is 30.5 Å². The van der Waals surface area contributed by atoms with E-state index < -0.39 is 29.9 Å². The Hall–Kier alpha value is -2.87. The molecule has 0 unspecified atom stereocenters. The van der Waals surface area contributed by atoms with Crippen LogP contribution >= 0.6 is 0 Å². The molecule has 0 bridgehead atoms. The van der Waals surface area contributed by atoms with Crippen LogP contribution in [-0.4, -0.2) is 48.5 Å². The van der Waals surface area contributed by atoms with Gasteiger partial charge in [0.1, 0.15) is 6.04 Å².